The Morgan fingerprint density at radius 3 is 2.33 bits per heavy atom. The van der Waals surface area contributed by atoms with Crippen LogP contribution in [-0.4, -0.2) is 36.8 Å². The van der Waals surface area contributed by atoms with Gasteiger partial charge in [-0.1, -0.05) is 17.7 Å². The van der Waals surface area contributed by atoms with E-state index in [1.807, 2.05) is 55.1 Å². The molecule has 1 heterocycles. The summed E-state index contributed by atoms with van der Waals surface area (Å²) in [5, 5.41) is 3.11. The van der Waals surface area contributed by atoms with Crippen molar-refractivity contribution in [3.63, 3.8) is 0 Å². The molecule has 0 fully saturated rings. The van der Waals surface area contributed by atoms with Crippen LogP contribution >= 0.6 is 0 Å². The maximum absolute atomic E-state index is 13.0. The molecule has 1 amide bonds. The molecule has 0 saturated carbocycles. The Morgan fingerprint density at radius 1 is 1.07 bits per heavy atom. The molecule has 1 unspecified atom stereocenters. The van der Waals surface area contributed by atoms with Gasteiger partial charge in [-0.15, -0.1) is 0 Å². The van der Waals surface area contributed by atoms with E-state index in [1.165, 1.54) is 0 Å². The summed E-state index contributed by atoms with van der Waals surface area (Å²) in [4.78, 5) is 17.5. The number of ether oxygens (including phenoxy) is 3. The largest absolute Gasteiger partial charge is 0.497 e. The molecule has 0 aliphatic carbocycles. The molecule has 1 aromatic heterocycles. The number of aryl methyl sites for hydroxylation is 2. The van der Waals surface area contributed by atoms with Crippen molar-refractivity contribution >= 4 is 5.91 Å². The predicted molar refractivity (Wildman–Crippen MR) is 114 cm³/mol. The van der Waals surface area contributed by atoms with Gasteiger partial charge in [0, 0.05) is 31.1 Å². The summed E-state index contributed by atoms with van der Waals surface area (Å²) < 4.78 is 18.1. The Hall–Kier alpha value is -3.48. The lowest BCUT2D eigenvalue weighted by atomic mass is 10.0. The Bertz CT molecular complexity index is 1010. The normalized spacial score (nSPS) is 11.6. The van der Waals surface area contributed by atoms with Crippen molar-refractivity contribution < 1.29 is 19.0 Å². The van der Waals surface area contributed by atoms with E-state index in [-0.39, 0.29) is 12.3 Å². The fraction of sp³-hybridized carbons (Fsp3) is 0.304. The third-order valence-corrected chi connectivity index (χ3v) is 4.92. The standard InChI is InChI=1S/C23H27N3O4/c1-15-6-7-20(30-5)16(10-15)13-21(27)25-22(23-24-8-9-26(23)2)17-11-18(28-3)14-19(12-17)29-4/h6-12,14,22H,13H2,1-5H3,(H,25,27). The summed E-state index contributed by atoms with van der Waals surface area (Å²) in [6.45, 7) is 1.99. The topological polar surface area (TPSA) is 74.6 Å². The summed E-state index contributed by atoms with van der Waals surface area (Å²) in [5.41, 5.74) is 2.71. The van der Waals surface area contributed by atoms with E-state index < -0.39 is 6.04 Å². The summed E-state index contributed by atoms with van der Waals surface area (Å²) >= 11 is 0. The van der Waals surface area contributed by atoms with E-state index in [0.717, 1.165) is 16.7 Å². The van der Waals surface area contributed by atoms with Crippen LogP contribution in [0.1, 0.15) is 28.6 Å². The van der Waals surface area contributed by atoms with Crippen LogP contribution in [0.25, 0.3) is 0 Å². The van der Waals surface area contributed by atoms with Gasteiger partial charge in [0.15, 0.2) is 0 Å². The zero-order valence-corrected chi connectivity index (χ0v) is 17.9. The first-order chi connectivity index (χ1) is 14.4. The molecule has 7 heteroatoms. The van der Waals surface area contributed by atoms with Gasteiger partial charge in [-0.3, -0.25) is 4.79 Å². The number of aromatic nitrogens is 2. The fourth-order valence-electron chi connectivity index (χ4n) is 3.38. The predicted octanol–water partition coefficient (Wildman–Crippen LogP) is 3.20. The van der Waals surface area contributed by atoms with E-state index in [0.29, 0.717) is 23.1 Å². The SMILES string of the molecule is COc1cc(OC)cc(C(NC(=O)Cc2cc(C)ccc2OC)c2nccn2C)c1. The van der Waals surface area contributed by atoms with Gasteiger partial charge in [0.05, 0.1) is 27.8 Å². The number of hydrogen-bond donors (Lipinski definition) is 1. The molecule has 1 N–H and O–H groups in total. The first kappa shape index (κ1) is 21.2. The van der Waals surface area contributed by atoms with Gasteiger partial charge in [-0.05, 0) is 30.7 Å². The van der Waals surface area contributed by atoms with Crippen LogP contribution in [0.4, 0.5) is 0 Å². The van der Waals surface area contributed by atoms with Crippen molar-refractivity contribution in [3.05, 3.63) is 71.3 Å². The molecule has 2 aromatic carbocycles. The molecule has 0 aliphatic heterocycles. The first-order valence-electron chi connectivity index (χ1n) is 9.58. The second kappa shape index (κ2) is 9.35. The Balaban J connectivity index is 1.94. The minimum absolute atomic E-state index is 0.145. The number of rotatable bonds is 8. The maximum Gasteiger partial charge on any atom is 0.225 e. The number of benzene rings is 2. The van der Waals surface area contributed by atoms with E-state index in [2.05, 4.69) is 10.3 Å². The van der Waals surface area contributed by atoms with Crippen LogP contribution in [0.15, 0.2) is 48.8 Å². The highest BCUT2D eigenvalue weighted by Gasteiger charge is 2.23. The molecule has 158 valence electrons. The lowest BCUT2D eigenvalue weighted by Gasteiger charge is -2.21. The summed E-state index contributed by atoms with van der Waals surface area (Å²) in [7, 11) is 6.68. The number of amides is 1. The van der Waals surface area contributed by atoms with Gasteiger partial charge in [-0.2, -0.15) is 0 Å². The molecule has 30 heavy (non-hydrogen) atoms. The van der Waals surface area contributed by atoms with Crippen molar-refractivity contribution in [1.29, 1.82) is 0 Å². The monoisotopic (exact) mass is 409 g/mol. The lowest BCUT2D eigenvalue weighted by Crippen LogP contribution is -2.32. The van der Waals surface area contributed by atoms with Gasteiger partial charge < -0.3 is 24.1 Å². The van der Waals surface area contributed by atoms with E-state index in [4.69, 9.17) is 14.2 Å². The van der Waals surface area contributed by atoms with Crippen molar-refractivity contribution in [2.75, 3.05) is 21.3 Å². The number of nitrogens with one attached hydrogen (secondary N) is 1. The average molecular weight is 409 g/mol. The minimum atomic E-state index is -0.475. The average Bonchev–Trinajstić information content (AvgIpc) is 3.17. The third-order valence-electron chi connectivity index (χ3n) is 4.92. The molecular weight excluding hydrogens is 382 g/mol. The number of methoxy groups -OCH3 is 3. The van der Waals surface area contributed by atoms with Crippen LogP contribution in [0.5, 0.6) is 17.2 Å². The van der Waals surface area contributed by atoms with Gasteiger partial charge in [0.1, 0.15) is 29.1 Å². The molecule has 0 aliphatic rings. The summed E-state index contributed by atoms with van der Waals surface area (Å²) in [6.07, 6.45) is 3.73. The van der Waals surface area contributed by atoms with Crippen LogP contribution < -0.4 is 19.5 Å². The highest BCUT2D eigenvalue weighted by Crippen LogP contribution is 2.30. The van der Waals surface area contributed by atoms with Crippen molar-refractivity contribution in [3.8, 4) is 17.2 Å². The number of hydrogen-bond acceptors (Lipinski definition) is 5. The van der Waals surface area contributed by atoms with Crippen molar-refractivity contribution in [1.82, 2.24) is 14.9 Å². The minimum Gasteiger partial charge on any atom is -0.497 e. The van der Waals surface area contributed by atoms with E-state index in [1.54, 1.807) is 33.6 Å². The molecule has 0 bridgehead atoms. The van der Waals surface area contributed by atoms with Crippen LogP contribution in [0.3, 0.4) is 0 Å². The second-order valence-corrected chi connectivity index (χ2v) is 7.03. The Kier molecular flexibility index (Phi) is 6.61. The molecule has 0 spiro atoms. The number of imidazole rings is 1. The smallest absolute Gasteiger partial charge is 0.225 e. The van der Waals surface area contributed by atoms with Gasteiger partial charge >= 0.3 is 0 Å². The number of carbonyl (C=O) groups is 1. The molecule has 0 radical (unpaired) electrons. The van der Waals surface area contributed by atoms with Crippen molar-refractivity contribution in [2.24, 2.45) is 7.05 Å². The lowest BCUT2D eigenvalue weighted by molar-refractivity contribution is -0.121. The highest BCUT2D eigenvalue weighted by atomic mass is 16.5. The van der Waals surface area contributed by atoms with E-state index >= 15 is 0 Å². The number of nitrogens with zero attached hydrogens (tertiary/aromatic N) is 2. The molecule has 7 nitrogen and oxygen atoms in total. The second-order valence-electron chi connectivity index (χ2n) is 7.03. The fourth-order valence-corrected chi connectivity index (χ4v) is 3.38. The Morgan fingerprint density at radius 2 is 1.77 bits per heavy atom. The summed E-state index contributed by atoms with van der Waals surface area (Å²) in [6, 6.07) is 10.9. The number of carbonyl (C=O) groups excluding carboxylic acids is 1. The quantitative estimate of drug-likeness (QED) is 0.618. The van der Waals surface area contributed by atoms with Crippen LogP contribution in [-0.2, 0) is 18.3 Å². The summed E-state index contributed by atoms with van der Waals surface area (Å²) in [5.74, 6) is 2.52. The van der Waals surface area contributed by atoms with Gasteiger partial charge in [-0.25, -0.2) is 4.98 Å². The molecular formula is C23H27N3O4. The molecule has 1 atom stereocenters. The van der Waals surface area contributed by atoms with Crippen LogP contribution in [0.2, 0.25) is 0 Å². The van der Waals surface area contributed by atoms with Crippen LogP contribution in [0, 0.1) is 6.92 Å². The third kappa shape index (κ3) is 4.74. The van der Waals surface area contributed by atoms with Gasteiger partial charge in [0.25, 0.3) is 0 Å². The highest BCUT2D eigenvalue weighted by molar-refractivity contribution is 5.80. The molecule has 3 aromatic rings. The zero-order chi connectivity index (χ0) is 21.7. The van der Waals surface area contributed by atoms with Crippen molar-refractivity contribution in [2.45, 2.75) is 19.4 Å². The maximum atomic E-state index is 13.0. The molecule has 3 rings (SSSR count). The van der Waals surface area contributed by atoms with Gasteiger partial charge in [0.2, 0.25) is 5.91 Å². The molecule has 0 saturated heterocycles. The zero-order valence-electron chi connectivity index (χ0n) is 17.9. The Labute approximate surface area is 176 Å². The first-order valence-corrected chi connectivity index (χ1v) is 9.58. The van der Waals surface area contributed by atoms with E-state index in [9.17, 15) is 4.79 Å².